The lowest BCUT2D eigenvalue weighted by Crippen LogP contribution is -2.49. The van der Waals surface area contributed by atoms with Crippen LogP contribution in [-0.4, -0.2) is 73.8 Å². The van der Waals surface area contributed by atoms with Gasteiger partial charge in [0.1, 0.15) is 18.1 Å². The van der Waals surface area contributed by atoms with Gasteiger partial charge in [-0.25, -0.2) is 9.97 Å². The summed E-state index contributed by atoms with van der Waals surface area (Å²) in [7, 11) is 1.73. The Morgan fingerprint density at radius 1 is 1.13 bits per heavy atom. The molecule has 202 valence electrons. The molecule has 0 unspecified atom stereocenters. The largest absolute Gasteiger partial charge is 0.490 e. The Kier molecular flexibility index (Phi) is 8.70. The van der Waals surface area contributed by atoms with Gasteiger partial charge in [-0.1, -0.05) is 18.2 Å². The molecular formula is C29H36N4O5. The molecule has 2 aliphatic heterocycles. The second kappa shape index (κ2) is 12.5. The van der Waals surface area contributed by atoms with E-state index in [-0.39, 0.29) is 12.0 Å². The number of β-amino-alcohol motifs (C(OH)–C–C–N with tert-alkyl or cyclic N) is 1. The van der Waals surface area contributed by atoms with Gasteiger partial charge in [-0.05, 0) is 54.8 Å². The van der Waals surface area contributed by atoms with Crippen LogP contribution in [0.2, 0.25) is 0 Å². The SMILES string of the molecule is COCCCN1CCOc2ccc(CO[C@H]3CNC[C@@H](O)[C@@H]3c3ccc(Oc4nccc(C)n4)cc3)cc21. The Morgan fingerprint density at radius 3 is 2.82 bits per heavy atom. The maximum atomic E-state index is 10.9. The molecule has 9 heteroatoms. The van der Waals surface area contributed by atoms with Gasteiger partial charge in [0.2, 0.25) is 0 Å². The highest BCUT2D eigenvalue weighted by molar-refractivity contribution is 5.61. The quantitative estimate of drug-likeness (QED) is 0.390. The van der Waals surface area contributed by atoms with Gasteiger partial charge in [-0.3, -0.25) is 0 Å². The van der Waals surface area contributed by atoms with Crippen LogP contribution < -0.4 is 19.7 Å². The van der Waals surface area contributed by atoms with E-state index in [1.807, 2.05) is 43.3 Å². The topological polar surface area (TPSA) is 98.2 Å². The lowest BCUT2D eigenvalue weighted by atomic mass is 9.85. The molecule has 3 heterocycles. The van der Waals surface area contributed by atoms with E-state index in [0.29, 0.717) is 38.1 Å². The smallest absolute Gasteiger partial charge is 0.322 e. The number of hydrogen-bond donors (Lipinski definition) is 2. The predicted octanol–water partition coefficient (Wildman–Crippen LogP) is 3.45. The first kappa shape index (κ1) is 26.4. The molecule has 2 aromatic carbocycles. The highest BCUT2D eigenvalue weighted by Crippen LogP contribution is 2.34. The van der Waals surface area contributed by atoms with Crippen LogP contribution >= 0.6 is 0 Å². The molecule has 0 spiro atoms. The van der Waals surface area contributed by atoms with E-state index in [4.69, 9.17) is 18.9 Å². The van der Waals surface area contributed by atoms with E-state index in [1.165, 1.54) is 0 Å². The summed E-state index contributed by atoms with van der Waals surface area (Å²) in [6, 6.07) is 16.1. The second-order valence-electron chi connectivity index (χ2n) is 9.74. The highest BCUT2D eigenvalue weighted by Gasteiger charge is 2.34. The number of aliphatic hydroxyl groups is 1. The first-order valence-electron chi connectivity index (χ1n) is 13.2. The van der Waals surface area contributed by atoms with Gasteiger partial charge in [0.15, 0.2) is 0 Å². The molecule has 2 N–H and O–H groups in total. The standard InChI is InChI=1S/C29H36N4O5/c1-20-10-11-31-29(32-20)38-23-7-5-22(6-8-23)28-25(34)17-30-18-27(28)37-19-21-4-9-26-24(16-21)33(13-15-36-26)12-3-14-35-2/h4-11,16,25,27-28,30,34H,3,12-15,17-19H2,1-2H3/t25-,27+,28+/m1/s1. The van der Waals surface area contributed by atoms with Gasteiger partial charge < -0.3 is 34.3 Å². The van der Waals surface area contributed by atoms with Crippen LogP contribution in [0.25, 0.3) is 0 Å². The molecule has 1 saturated heterocycles. The molecular weight excluding hydrogens is 484 g/mol. The number of nitrogens with zero attached hydrogens (tertiary/aromatic N) is 3. The van der Waals surface area contributed by atoms with Gasteiger partial charge in [-0.2, -0.15) is 0 Å². The number of benzene rings is 2. The second-order valence-corrected chi connectivity index (χ2v) is 9.74. The van der Waals surface area contributed by atoms with Gasteiger partial charge in [0, 0.05) is 51.2 Å². The molecule has 0 amide bonds. The van der Waals surface area contributed by atoms with Crippen molar-refractivity contribution in [3.63, 3.8) is 0 Å². The summed E-state index contributed by atoms with van der Waals surface area (Å²) in [6.45, 7) is 6.73. The molecule has 1 aromatic heterocycles. The number of aryl methyl sites for hydroxylation is 1. The summed E-state index contributed by atoms with van der Waals surface area (Å²) in [6.07, 6.45) is 1.89. The molecule has 9 nitrogen and oxygen atoms in total. The number of methoxy groups -OCH3 is 1. The average Bonchev–Trinajstić information content (AvgIpc) is 2.93. The molecule has 0 saturated carbocycles. The van der Waals surface area contributed by atoms with Crippen LogP contribution in [0.3, 0.4) is 0 Å². The number of aromatic nitrogens is 2. The Morgan fingerprint density at radius 2 is 2.00 bits per heavy atom. The molecule has 5 rings (SSSR count). The fraction of sp³-hybridized carbons (Fsp3) is 0.448. The number of aliphatic hydroxyl groups excluding tert-OH is 1. The number of ether oxygens (including phenoxy) is 4. The highest BCUT2D eigenvalue weighted by atomic mass is 16.5. The number of nitrogens with one attached hydrogen (secondary N) is 1. The van der Waals surface area contributed by atoms with Crippen molar-refractivity contribution in [2.24, 2.45) is 0 Å². The minimum absolute atomic E-state index is 0.160. The summed E-state index contributed by atoms with van der Waals surface area (Å²) in [4.78, 5) is 10.8. The van der Waals surface area contributed by atoms with Gasteiger partial charge in [0.25, 0.3) is 0 Å². The van der Waals surface area contributed by atoms with Crippen molar-refractivity contribution >= 4 is 5.69 Å². The maximum absolute atomic E-state index is 10.9. The van der Waals surface area contributed by atoms with Crippen LogP contribution in [0.15, 0.2) is 54.7 Å². The molecule has 38 heavy (non-hydrogen) atoms. The first-order valence-corrected chi connectivity index (χ1v) is 13.2. The van der Waals surface area contributed by atoms with Crippen molar-refractivity contribution in [1.82, 2.24) is 15.3 Å². The van der Waals surface area contributed by atoms with Crippen LogP contribution in [0.1, 0.15) is 29.2 Å². The number of rotatable bonds is 10. The Labute approximate surface area is 223 Å². The van der Waals surface area contributed by atoms with Gasteiger partial charge in [-0.15, -0.1) is 0 Å². The number of anilines is 1. The van der Waals surface area contributed by atoms with Gasteiger partial charge in [0.05, 0.1) is 31.0 Å². The van der Waals surface area contributed by atoms with Crippen LogP contribution in [-0.2, 0) is 16.1 Å². The number of fused-ring (bicyclic) bond motifs is 1. The number of hydrogen-bond acceptors (Lipinski definition) is 9. The van der Waals surface area contributed by atoms with Crippen molar-refractivity contribution in [3.05, 3.63) is 71.5 Å². The summed E-state index contributed by atoms with van der Waals surface area (Å²) < 4.78 is 23.3. The first-order chi connectivity index (χ1) is 18.6. The van der Waals surface area contributed by atoms with E-state index < -0.39 is 6.10 Å². The van der Waals surface area contributed by atoms with Crippen molar-refractivity contribution in [2.45, 2.75) is 38.1 Å². The molecule has 0 bridgehead atoms. The Bertz CT molecular complexity index is 1190. The third kappa shape index (κ3) is 6.42. The van der Waals surface area contributed by atoms with Crippen molar-refractivity contribution in [2.75, 3.05) is 51.4 Å². The van der Waals surface area contributed by atoms with Crippen molar-refractivity contribution in [1.29, 1.82) is 0 Å². The average molecular weight is 521 g/mol. The van der Waals surface area contributed by atoms with Gasteiger partial charge >= 0.3 is 6.01 Å². The lowest BCUT2D eigenvalue weighted by Gasteiger charge is -2.36. The summed E-state index contributed by atoms with van der Waals surface area (Å²) in [5, 5.41) is 14.2. The van der Waals surface area contributed by atoms with Crippen LogP contribution in [0, 0.1) is 6.92 Å². The monoisotopic (exact) mass is 520 g/mol. The summed E-state index contributed by atoms with van der Waals surface area (Å²) in [5.74, 6) is 1.39. The van der Waals surface area contributed by atoms with E-state index in [0.717, 1.165) is 54.4 Å². The molecule has 2 aliphatic rings. The molecule has 0 radical (unpaired) electrons. The zero-order valence-electron chi connectivity index (χ0n) is 22.0. The summed E-state index contributed by atoms with van der Waals surface area (Å²) >= 11 is 0. The Balaban J connectivity index is 1.25. The lowest BCUT2D eigenvalue weighted by molar-refractivity contribution is -0.0328. The summed E-state index contributed by atoms with van der Waals surface area (Å²) in [5.41, 5.74) is 4.02. The van der Waals surface area contributed by atoms with E-state index >= 15 is 0 Å². The Hall–Kier alpha value is -3.24. The zero-order valence-corrected chi connectivity index (χ0v) is 22.0. The molecule has 0 aliphatic carbocycles. The third-order valence-corrected chi connectivity index (χ3v) is 6.98. The fourth-order valence-corrected chi connectivity index (χ4v) is 5.06. The van der Waals surface area contributed by atoms with E-state index in [2.05, 4.69) is 32.3 Å². The van der Waals surface area contributed by atoms with Crippen LogP contribution in [0.4, 0.5) is 5.69 Å². The predicted molar refractivity (Wildman–Crippen MR) is 144 cm³/mol. The zero-order chi connectivity index (χ0) is 26.3. The van der Waals surface area contributed by atoms with E-state index in [9.17, 15) is 5.11 Å². The van der Waals surface area contributed by atoms with Crippen molar-refractivity contribution < 1.29 is 24.1 Å². The normalized spacial score (nSPS) is 21.0. The molecule has 3 aromatic rings. The molecule has 3 atom stereocenters. The minimum atomic E-state index is -0.561. The third-order valence-electron chi connectivity index (χ3n) is 6.98. The van der Waals surface area contributed by atoms with Crippen LogP contribution in [0.5, 0.6) is 17.5 Å². The number of piperidine rings is 1. The minimum Gasteiger partial charge on any atom is -0.490 e. The maximum Gasteiger partial charge on any atom is 0.322 e. The van der Waals surface area contributed by atoms with Crippen molar-refractivity contribution in [3.8, 4) is 17.5 Å². The van der Waals surface area contributed by atoms with E-state index in [1.54, 1.807) is 13.3 Å². The fourth-order valence-electron chi connectivity index (χ4n) is 5.06. The molecule has 1 fully saturated rings.